The van der Waals surface area contributed by atoms with Crippen LogP contribution >= 0.6 is 0 Å². The average Bonchev–Trinajstić information content (AvgIpc) is 3.22. The van der Waals surface area contributed by atoms with Crippen LogP contribution in [0.4, 0.5) is 0 Å². The number of carbonyl (C=O) groups excluding carboxylic acids is 1. The standard InChI is InChI=1S/C31H40N4O/c1-24-9-14-30-28(21-24)22-25(2)35(30)29-12-10-27(11-13-29)31(36)32-15-6-16-33-17-19-34(20-18-33)23-26-7-4-3-5-8-26/h3-5,7-8,10-13,22,24H,6,9,14-21,23H2,1-2H3,(H,32,36). The Morgan fingerprint density at radius 2 is 1.69 bits per heavy atom. The highest BCUT2D eigenvalue weighted by atomic mass is 16.1. The van der Waals surface area contributed by atoms with Crippen LogP contribution in [0.5, 0.6) is 0 Å². The van der Waals surface area contributed by atoms with Gasteiger partial charge in [0.1, 0.15) is 0 Å². The second kappa shape index (κ2) is 11.4. The van der Waals surface area contributed by atoms with Crippen LogP contribution in [0.25, 0.3) is 5.69 Å². The fourth-order valence-electron chi connectivity index (χ4n) is 5.81. The molecule has 1 amide bonds. The molecule has 1 unspecified atom stereocenters. The minimum Gasteiger partial charge on any atom is -0.352 e. The van der Waals surface area contributed by atoms with Crippen LogP contribution in [0.1, 0.15) is 52.6 Å². The lowest BCUT2D eigenvalue weighted by Crippen LogP contribution is -2.46. The van der Waals surface area contributed by atoms with Gasteiger partial charge < -0.3 is 14.8 Å². The maximum absolute atomic E-state index is 12.7. The van der Waals surface area contributed by atoms with E-state index in [1.165, 1.54) is 35.4 Å². The molecule has 5 heteroatoms. The molecular weight excluding hydrogens is 444 g/mol. The van der Waals surface area contributed by atoms with Gasteiger partial charge in [0.2, 0.25) is 0 Å². The number of amides is 1. The van der Waals surface area contributed by atoms with Crippen molar-refractivity contribution in [1.29, 1.82) is 0 Å². The molecule has 1 saturated heterocycles. The van der Waals surface area contributed by atoms with E-state index in [1.807, 2.05) is 12.1 Å². The largest absolute Gasteiger partial charge is 0.352 e. The van der Waals surface area contributed by atoms with E-state index in [1.54, 1.807) is 0 Å². The minimum atomic E-state index is 0.0225. The quantitative estimate of drug-likeness (QED) is 0.465. The van der Waals surface area contributed by atoms with Crippen LogP contribution in [0, 0.1) is 12.8 Å². The van der Waals surface area contributed by atoms with Crippen LogP contribution < -0.4 is 5.32 Å². The summed E-state index contributed by atoms with van der Waals surface area (Å²) < 4.78 is 2.38. The lowest BCUT2D eigenvalue weighted by atomic mass is 9.89. The third-order valence-electron chi connectivity index (χ3n) is 7.86. The van der Waals surface area contributed by atoms with E-state index in [9.17, 15) is 4.79 Å². The summed E-state index contributed by atoms with van der Waals surface area (Å²) in [6.07, 6.45) is 4.54. The highest BCUT2D eigenvalue weighted by molar-refractivity contribution is 5.94. The van der Waals surface area contributed by atoms with Gasteiger partial charge in [-0.25, -0.2) is 0 Å². The zero-order valence-electron chi connectivity index (χ0n) is 21.9. The van der Waals surface area contributed by atoms with Gasteiger partial charge >= 0.3 is 0 Å². The van der Waals surface area contributed by atoms with Crippen molar-refractivity contribution in [3.63, 3.8) is 0 Å². The highest BCUT2D eigenvalue weighted by Crippen LogP contribution is 2.30. The maximum atomic E-state index is 12.7. The number of aromatic nitrogens is 1. The lowest BCUT2D eigenvalue weighted by Gasteiger charge is -2.34. The fourth-order valence-corrected chi connectivity index (χ4v) is 5.81. The molecule has 0 spiro atoms. The molecule has 0 saturated carbocycles. The van der Waals surface area contributed by atoms with Crippen molar-refractivity contribution in [3.8, 4) is 5.69 Å². The Morgan fingerprint density at radius 1 is 0.972 bits per heavy atom. The molecule has 1 aromatic heterocycles. The Morgan fingerprint density at radius 3 is 2.44 bits per heavy atom. The topological polar surface area (TPSA) is 40.5 Å². The SMILES string of the molecule is Cc1cc2c(n1-c1ccc(C(=O)NCCCN3CCN(Cc4ccccc4)CC3)cc1)CCC(C)C2. The van der Waals surface area contributed by atoms with Crippen molar-refractivity contribution >= 4 is 5.91 Å². The summed E-state index contributed by atoms with van der Waals surface area (Å²) >= 11 is 0. The van der Waals surface area contributed by atoms with Crippen molar-refractivity contribution in [2.24, 2.45) is 5.92 Å². The van der Waals surface area contributed by atoms with Crippen molar-refractivity contribution < 1.29 is 4.79 Å². The summed E-state index contributed by atoms with van der Waals surface area (Å²) in [5.41, 5.74) is 7.51. The van der Waals surface area contributed by atoms with Crippen LogP contribution in [0.15, 0.2) is 60.7 Å². The molecule has 1 aliphatic heterocycles. The molecule has 2 aliphatic rings. The molecule has 36 heavy (non-hydrogen) atoms. The molecule has 5 rings (SSSR count). The Balaban J connectivity index is 1.05. The summed E-state index contributed by atoms with van der Waals surface area (Å²) in [7, 11) is 0. The summed E-state index contributed by atoms with van der Waals surface area (Å²) in [6, 6.07) is 21.2. The van der Waals surface area contributed by atoms with E-state index in [-0.39, 0.29) is 5.91 Å². The van der Waals surface area contributed by atoms with Gasteiger partial charge in [0.25, 0.3) is 5.91 Å². The fraction of sp³-hybridized carbons (Fsp3) is 0.452. The monoisotopic (exact) mass is 484 g/mol. The number of rotatable bonds is 8. The predicted molar refractivity (Wildman–Crippen MR) is 147 cm³/mol. The number of nitrogens with one attached hydrogen (secondary N) is 1. The molecule has 190 valence electrons. The zero-order chi connectivity index (χ0) is 24.9. The van der Waals surface area contributed by atoms with E-state index >= 15 is 0 Å². The van der Waals surface area contributed by atoms with Crippen LogP contribution in [0.3, 0.4) is 0 Å². The Labute approximate surface area is 216 Å². The number of piperazine rings is 1. The second-order valence-electron chi connectivity index (χ2n) is 10.7. The predicted octanol–water partition coefficient (Wildman–Crippen LogP) is 4.85. The molecule has 2 heterocycles. The third kappa shape index (κ3) is 5.91. The average molecular weight is 485 g/mol. The molecule has 1 N–H and O–H groups in total. The molecule has 5 nitrogen and oxygen atoms in total. The summed E-state index contributed by atoms with van der Waals surface area (Å²) in [5, 5.41) is 3.12. The lowest BCUT2D eigenvalue weighted by molar-refractivity contribution is 0.0947. The number of aryl methyl sites for hydroxylation is 1. The summed E-state index contributed by atoms with van der Waals surface area (Å²) in [5.74, 6) is 0.789. The minimum absolute atomic E-state index is 0.0225. The summed E-state index contributed by atoms with van der Waals surface area (Å²) in [4.78, 5) is 17.8. The number of carbonyl (C=O) groups is 1. The van der Waals surface area contributed by atoms with Crippen molar-refractivity contribution in [1.82, 2.24) is 19.7 Å². The van der Waals surface area contributed by atoms with E-state index in [0.717, 1.165) is 69.3 Å². The maximum Gasteiger partial charge on any atom is 0.251 e. The van der Waals surface area contributed by atoms with Crippen molar-refractivity contribution in [2.45, 2.75) is 46.1 Å². The highest BCUT2D eigenvalue weighted by Gasteiger charge is 2.21. The van der Waals surface area contributed by atoms with E-state index in [4.69, 9.17) is 0 Å². The van der Waals surface area contributed by atoms with Gasteiger partial charge in [-0.05, 0) is 86.5 Å². The Hall–Kier alpha value is -2.89. The number of fused-ring (bicyclic) bond motifs is 1. The van der Waals surface area contributed by atoms with Gasteiger partial charge in [-0.1, -0.05) is 37.3 Å². The number of hydrogen-bond donors (Lipinski definition) is 1. The van der Waals surface area contributed by atoms with Crippen LogP contribution in [0.2, 0.25) is 0 Å². The first-order valence-electron chi connectivity index (χ1n) is 13.6. The van der Waals surface area contributed by atoms with Gasteiger partial charge in [-0.3, -0.25) is 9.69 Å². The first-order valence-corrected chi connectivity index (χ1v) is 13.6. The van der Waals surface area contributed by atoms with Crippen LogP contribution in [-0.2, 0) is 19.4 Å². The summed E-state index contributed by atoms with van der Waals surface area (Å²) in [6.45, 7) is 11.7. The molecule has 1 atom stereocenters. The molecular formula is C31H40N4O. The molecule has 1 aliphatic carbocycles. The van der Waals surface area contributed by atoms with E-state index < -0.39 is 0 Å². The molecule has 0 radical (unpaired) electrons. The van der Waals surface area contributed by atoms with Crippen molar-refractivity contribution in [3.05, 3.63) is 88.7 Å². The Bertz CT molecular complexity index is 1140. The molecule has 3 aromatic rings. The van der Waals surface area contributed by atoms with Gasteiger partial charge in [0, 0.05) is 61.9 Å². The third-order valence-corrected chi connectivity index (χ3v) is 7.86. The number of hydrogen-bond acceptors (Lipinski definition) is 3. The van der Waals surface area contributed by atoms with Gasteiger partial charge in [0.15, 0.2) is 0 Å². The molecule has 1 fully saturated rings. The molecule has 0 bridgehead atoms. The first kappa shape index (κ1) is 24.8. The van der Waals surface area contributed by atoms with Crippen molar-refractivity contribution in [2.75, 3.05) is 39.3 Å². The number of benzene rings is 2. The zero-order valence-corrected chi connectivity index (χ0v) is 21.9. The van der Waals surface area contributed by atoms with Crippen LogP contribution in [-0.4, -0.2) is 59.5 Å². The number of nitrogens with zero attached hydrogens (tertiary/aromatic N) is 3. The smallest absolute Gasteiger partial charge is 0.251 e. The Kier molecular flexibility index (Phi) is 7.88. The van der Waals surface area contributed by atoms with Gasteiger partial charge in [0.05, 0.1) is 0 Å². The normalized spacial score (nSPS) is 18.7. The van der Waals surface area contributed by atoms with Gasteiger partial charge in [-0.2, -0.15) is 0 Å². The van der Waals surface area contributed by atoms with E-state index in [2.05, 4.69) is 82.1 Å². The molecule has 2 aromatic carbocycles. The second-order valence-corrected chi connectivity index (χ2v) is 10.7. The van der Waals surface area contributed by atoms with E-state index in [0.29, 0.717) is 6.54 Å². The first-order chi connectivity index (χ1) is 17.6. The van der Waals surface area contributed by atoms with Gasteiger partial charge in [-0.15, -0.1) is 0 Å².